The van der Waals surface area contributed by atoms with Gasteiger partial charge >= 0.3 is 7.82 Å². The van der Waals surface area contributed by atoms with Gasteiger partial charge in [-0.2, -0.15) is 0 Å². The molecule has 0 aromatic heterocycles. The predicted molar refractivity (Wildman–Crippen MR) is 56.7 cm³/mol. The maximum Gasteiger partial charge on any atom is 0.469 e. The fraction of sp³-hybridized carbons (Fsp3) is 0.875. The Morgan fingerprint density at radius 2 is 1.69 bits per heavy atom. The molecule has 0 saturated heterocycles. The zero-order chi connectivity index (χ0) is 13.0. The molecule has 8 heteroatoms. The summed E-state index contributed by atoms with van der Waals surface area (Å²) in [6, 6.07) is 0. The van der Waals surface area contributed by atoms with Crippen LogP contribution in [0.2, 0.25) is 0 Å². The maximum atomic E-state index is 10.1. The number of Topliss-reactive ketones (excluding diaryl/α,β-unsaturated/α-hetero) is 1. The molecule has 0 radical (unpaired) electrons. The van der Waals surface area contributed by atoms with E-state index in [1.165, 1.54) is 0 Å². The van der Waals surface area contributed by atoms with Gasteiger partial charge in [-0.05, 0) is 6.42 Å². The number of aliphatic hydroxyl groups is 2. The van der Waals surface area contributed by atoms with Crippen LogP contribution in [0, 0.1) is 0 Å². The molecule has 4 N–H and O–H groups in total. The summed E-state index contributed by atoms with van der Waals surface area (Å²) < 4.78 is 14.3. The normalized spacial score (nSPS) is 10.6. The van der Waals surface area contributed by atoms with Crippen LogP contribution in [0.3, 0.4) is 0 Å². The Morgan fingerprint density at radius 1 is 1.19 bits per heavy atom. The quantitative estimate of drug-likeness (QED) is 0.369. The smallest absolute Gasteiger partial charge is 0.388 e. The predicted octanol–water partition coefficient (Wildman–Crippen LogP) is -0.174. The number of hydrogen-bond donors (Lipinski definition) is 4. The number of unbranched alkanes of at least 4 members (excludes halogenated alkanes) is 2. The first-order valence-electron chi connectivity index (χ1n) is 4.80. The van der Waals surface area contributed by atoms with Crippen LogP contribution in [0.25, 0.3) is 0 Å². The van der Waals surface area contributed by atoms with Gasteiger partial charge in [0, 0.05) is 0 Å². The van der Waals surface area contributed by atoms with Gasteiger partial charge in [0.1, 0.15) is 13.2 Å². The topological polar surface area (TPSA) is 124 Å². The Balaban J connectivity index is 0. The molecule has 0 aromatic carbocycles. The van der Waals surface area contributed by atoms with Crippen molar-refractivity contribution >= 4 is 13.6 Å². The van der Waals surface area contributed by atoms with Crippen LogP contribution in [0.5, 0.6) is 0 Å². The van der Waals surface area contributed by atoms with Crippen molar-refractivity contribution < 1.29 is 33.9 Å². The fourth-order valence-electron chi connectivity index (χ4n) is 0.586. The van der Waals surface area contributed by atoms with Crippen LogP contribution in [-0.2, 0) is 13.9 Å². The second-order valence-electron chi connectivity index (χ2n) is 2.89. The van der Waals surface area contributed by atoms with E-state index in [0.29, 0.717) is 6.42 Å². The first kappa shape index (κ1) is 18.1. The minimum absolute atomic E-state index is 0.151. The Hall–Kier alpha value is -0.300. The summed E-state index contributed by atoms with van der Waals surface area (Å²) in [4.78, 5) is 26.1. The number of hydrogen-bond acceptors (Lipinski definition) is 5. The van der Waals surface area contributed by atoms with E-state index in [2.05, 4.69) is 4.52 Å². The average Bonchev–Trinajstić information content (AvgIpc) is 2.23. The summed E-state index contributed by atoms with van der Waals surface area (Å²) in [5.74, 6) is -0.546. The summed E-state index contributed by atoms with van der Waals surface area (Å²) in [5.41, 5.74) is 0. The number of phosphoric acid groups is 1. The van der Waals surface area contributed by atoms with E-state index in [0.717, 1.165) is 12.8 Å². The summed E-state index contributed by atoms with van der Waals surface area (Å²) in [7, 11) is -4.21. The molecule has 0 fully saturated rings. The van der Waals surface area contributed by atoms with Gasteiger partial charge in [0.2, 0.25) is 0 Å². The van der Waals surface area contributed by atoms with Crippen molar-refractivity contribution in [2.24, 2.45) is 0 Å². The highest BCUT2D eigenvalue weighted by molar-refractivity contribution is 7.46. The molecule has 0 atom stereocenters. The lowest BCUT2D eigenvalue weighted by molar-refractivity contribution is -0.124. The summed E-state index contributed by atoms with van der Waals surface area (Å²) in [5, 5.41) is 15.7. The fourth-order valence-corrected chi connectivity index (χ4v) is 0.952. The van der Waals surface area contributed by atoms with Gasteiger partial charge in [0.15, 0.2) is 5.78 Å². The molecule has 0 aromatic rings. The molecule has 98 valence electrons. The molecular formula is C8H19O7P. The van der Waals surface area contributed by atoms with E-state index in [9.17, 15) is 9.36 Å². The Labute approximate surface area is 94.3 Å². The Kier molecular flexibility index (Phi) is 12.6. The Morgan fingerprint density at radius 3 is 1.94 bits per heavy atom. The zero-order valence-corrected chi connectivity index (χ0v) is 10.1. The van der Waals surface area contributed by atoms with Crippen molar-refractivity contribution in [3.05, 3.63) is 0 Å². The van der Waals surface area contributed by atoms with E-state index < -0.39 is 26.8 Å². The van der Waals surface area contributed by atoms with Gasteiger partial charge in [-0.3, -0.25) is 9.32 Å². The van der Waals surface area contributed by atoms with Gasteiger partial charge in [-0.25, -0.2) is 4.57 Å². The molecule has 0 unspecified atom stereocenters. The number of rotatable bonds is 7. The van der Waals surface area contributed by atoms with Crippen molar-refractivity contribution in [1.29, 1.82) is 0 Å². The molecular weight excluding hydrogens is 239 g/mol. The highest BCUT2D eigenvalue weighted by Gasteiger charge is 2.11. The highest BCUT2D eigenvalue weighted by atomic mass is 31.2. The van der Waals surface area contributed by atoms with E-state index in [1.807, 2.05) is 6.92 Å². The summed E-state index contributed by atoms with van der Waals surface area (Å²) >= 11 is 0. The molecule has 16 heavy (non-hydrogen) atoms. The zero-order valence-electron chi connectivity index (χ0n) is 9.20. The summed E-state index contributed by atoms with van der Waals surface area (Å²) in [6.45, 7) is 1.04. The SMILES string of the molecule is CCCCCOP(=O)(O)O.O=C(CO)CO. The van der Waals surface area contributed by atoms with E-state index >= 15 is 0 Å². The molecule has 0 aliphatic heterocycles. The minimum atomic E-state index is -4.21. The molecule has 0 amide bonds. The van der Waals surface area contributed by atoms with Crippen molar-refractivity contribution in [3.8, 4) is 0 Å². The lowest BCUT2D eigenvalue weighted by Crippen LogP contribution is -2.07. The first-order valence-corrected chi connectivity index (χ1v) is 6.33. The number of carbonyl (C=O) groups excluding carboxylic acids is 1. The lowest BCUT2D eigenvalue weighted by Gasteiger charge is -2.02. The monoisotopic (exact) mass is 258 g/mol. The molecule has 0 aliphatic carbocycles. The van der Waals surface area contributed by atoms with Crippen molar-refractivity contribution in [1.82, 2.24) is 0 Å². The molecule has 0 rings (SSSR count). The first-order chi connectivity index (χ1) is 7.37. The molecule has 0 saturated carbocycles. The second kappa shape index (κ2) is 11.2. The van der Waals surface area contributed by atoms with Gasteiger partial charge < -0.3 is 20.0 Å². The standard InChI is InChI=1S/C5H13O4P.C3H6O3/c1-2-3-4-5-9-10(6,7)8;4-1-3(6)2-5/h2-5H2,1H3,(H2,6,7,8);4-5H,1-2H2. The molecule has 0 aliphatic rings. The molecule has 0 heterocycles. The van der Waals surface area contributed by atoms with Crippen molar-refractivity contribution in [2.45, 2.75) is 26.2 Å². The van der Waals surface area contributed by atoms with Gasteiger partial charge in [-0.1, -0.05) is 19.8 Å². The highest BCUT2D eigenvalue weighted by Crippen LogP contribution is 2.35. The third kappa shape index (κ3) is 19.3. The van der Waals surface area contributed by atoms with Crippen LogP contribution in [0.1, 0.15) is 26.2 Å². The van der Waals surface area contributed by atoms with Crippen LogP contribution in [0.15, 0.2) is 0 Å². The third-order valence-corrected chi connectivity index (χ3v) is 1.88. The van der Waals surface area contributed by atoms with Gasteiger partial charge in [0.25, 0.3) is 0 Å². The third-order valence-electron chi connectivity index (χ3n) is 1.36. The van der Waals surface area contributed by atoms with Gasteiger partial charge in [0.05, 0.1) is 6.61 Å². The van der Waals surface area contributed by atoms with Crippen molar-refractivity contribution in [2.75, 3.05) is 19.8 Å². The number of carbonyl (C=O) groups is 1. The number of ketones is 1. The molecule has 0 spiro atoms. The second-order valence-corrected chi connectivity index (χ2v) is 4.13. The number of aliphatic hydroxyl groups excluding tert-OH is 2. The van der Waals surface area contributed by atoms with E-state index in [4.69, 9.17) is 20.0 Å². The van der Waals surface area contributed by atoms with E-state index in [1.54, 1.807) is 0 Å². The maximum absolute atomic E-state index is 10.1. The van der Waals surface area contributed by atoms with Crippen LogP contribution in [0.4, 0.5) is 0 Å². The summed E-state index contributed by atoms with van der Waals surface area (Å²) in [6.07, 6.45) is 2.67. The molecule has 7 nitrogen and oxygen atoms in total. The van der Waals surface area contributed by atoms with E-state index in [-0.39, 0.29) is 6.61 Å². The largest absolute Gasteiger partial charge is 0.469 e. The van der Waals surface area contributed by atoms with Crippen molar-refractivity contribution in [3.63, 3.8) is 0 Å². The Bertz CT molecular complexity index is 206. The van der Waals surface area contributed by atoms with Gasteiger partial charge in [-0.15, -0.1) is 0 Å². The lowest BCUT2D eigenvalue weighted by atomic mass is 10.3. The molecule has 0 bridgehead atoms. The van der Waals surface area contributed by atoms with Crippen LogP contribution < -0.4 is 0 Å². The van der Waals surface area contributed by atoms with Crippen LogP contribution >= 0.6 is 7.82 Å². The minimum Gasteiger partial charge on any atom is -0.388 e. The average molecular weight is 258 g/mol. The van der Waals surface area contributed by atoms with Crippen LogP contribution in [-0.4, -0.2) is 45.6 Å². The number of phosphoric ester groups is 1.